The Hall–Kier alpha value is -0.960. The van der Waals surface area contributed by atoms with Gasteiger partial charge in [0.15, 0.2) is 5.22 Å². The van der Waals surface area contributed by atoms with E-state index in [1.165, 1.54) is 6.42 Å². The van der Waals surface area contributed by atoms with Crippen LogP contribution in [0.1, 0.15) is 50.6 Å². The summed E-state index contributed by atoms with van der Waals surface area (Å²) in [6.45, 7) is 6.83. The third kappa shape index (κ3) is 1.74. The van der Waals surface area contributed by atoms with Crippen LogP contribution < -0.4 is 0 Å². The zero-order valence-electron chi connectivity index (χ0n) is 11.5. The predicted octanol–water partition coefficient (Wildman–Crippen LogP) is 4.30. The maximum atomic E-state index is 12.1. The second-order valence-electron chi connectivity index (χ2n) is 6.61. The Labute approximate surface area is 118 Å². The molecule has 1 aromatic rings. The first-order valence-corrected chi connectivity index (χ1v) is 7.19. The maximum absolute atomic E-state index is 12.1. The van der Waals surface area contributed by atoms with Gasteiger partial charge in [-0.1, -0.05) is 20.8 Å². The number of ether oxygens (including phenoxy) is 1. The number of esters is 1. The summed E-state index contributed by atoms with van der Waals surface area (Å²) < 4.78 is 10.8. The van der Waals surface area contributed by atoms with E-state index in [4.69, 9.17) is 20.8 Å². The Balaban J connectivity index is 1.77. The number of rotatable bonds is 2. The molecule has 19 heavy (non-hydrogen) atoms. The summed E-state index contributed by atoms with van der Waals surface area (Å²) in [4.78, 5) is 12.1. The van der Waals surface area contributed by atoms with Crippen LogP contribution >= 0.6 is 11.6 Å². The highest BCUT2D eigenvalue weighted by Crippen LogP contribution is 2.66. The van der Waals surface area contributed by atoms with Gasteiger partial charge < -0.3 is 9.15 Å². The number of hydrogen-bond acceptors (Lipinski definition) is 3. The summed E-state index contributed by atoms with van der Waals surface area (Å²) in [5.74, 6) is 0.436. The SMILES string of the molecule is CC1(C)C2CCC1(C)C(OC(=O)c1ccc(Cl)o1)C2. The van der Waals surface area contributed by atoms with Crippen molar-refractivity contribution >= 4 is 17.6 Å². The molecule has 2 saturated carbocycles. The van der Waals surface area contributed by atoms with Crippen molar-refractivity contribution in [3.8, 4) is 0 Å². The molecule has 1 aromatic heterocycles. The fraction of sp³-hybridized carbons (Fsp3) is 0.667. The molecule has 2 bridgehead atoms. The van der Waals surface area contributed by atoms with Crippen molar-refractivity contribution in [3.05, 3.63) is 23.1 Å². The maximum Gasteiger partial charge on any atom is 0.374 e. The monoisotopic (exact) mass is 282 g/mol. The number of fused-ring (bicyclic) bond motifs is 2. The van der Waals surface area contributed by atoms with E-state index in [9.17, 15) is 4.79 Å². The minimum atomic E-state index is -0.401. The molecule has 0 aromatic carbocycles. The van der Waals surface area contributed by atoms with E-state index in [0.717, 1.165) is 12.8 Å². The Morgan fingerprint density at radius 3 is 2.63 bits per heavy atom. The van der Waals surface area contributed by atoms with E-state index in [-0.39, 0.29) is 27.9 Å². The lowest BCUT2D eigenvalue weighted by molar-refractivity contribution is -0.0265. The lowest BCUT2D eigenvalue weighted by Crippen LogP contribution is -2.38. The number of carbonyl (C=O) groups excluding carboxylic acids is 1. The van der Waals surface area contributed by atoms with Gasteiger partial charge in [0.05, 0.1) is 0 Å². The van der Waals surface area contributed by atoms with Crippen LogP contribution in [0.5, 0.6) is 0 Å². The van der Waals surface area contributed by atoms with Crippen molar-refractivity contribution in [3.63, 3.8) is 0 Å². The molecule has 0 saturated heterocycles. The molecule has 3 unspecified atom stereocenters. The Morgan fingerprint density at radius 2 is 2.16 bits per heavy atom. The highest BCUT2D eigenvalue weighted by Gasteiger charge is 2.62. The molecule has 4 heteroatoms. The van der Waals surface area contributed by atoms with E-state index in [1.807, 2.05) is 0 Å². The molecule has 0 radical (unpaired) electrons. The third-order valence-electron chi connectivity index (χ3n) is 5.74. The normalized spacial score (nSPS) is 35.6. The lowest BCUT2D eigenvalue weighted by atomic mass is 9.70. The smallest absolute Gasteiger partial charge is 0.374 e. The Kier molecular flexibility index (Phi) is 2.76. The topological polar surface area (TPSA) is 39.4 Å². The van der Waals surface area contributed by atoms with E-state index >= 15 is 0 Å². The summed E-state index contributed by atoms with van der Waals surface area (Å²) in [7, 11) is 0. The number of hydrogen-bond donors (Lipinski definition) is 0. The average molecular weight is 283 g/mol. The molecule has 0 N–H and O–H groups in total. The number of carbonyl (C=O) groups is 1. The Bertz CT molecular complexity index is 519. The van der Waals surface area contributed by atoms with E-state index in [0.29, 0.717) is 5.92 Å². The van der Waals surface area contributed by atoms with Crippen LogP contribution in [0.3, 0.4) is 0 Å². The van der Waals surface area contributed by atoms with Crippen molar-refractivity contribution in [2.75, 3.05) is 0 Å². The predicted molar refractivity (Wildman–Crippen MR) is 72.2 cm³/mol. The van der Waals surface area contributed by atoms with Gasteiger partial charge >= 0.3 is 5.97 Å². The summed E-state index contributed by atoms with van der Waals surface area (Å²) in [6.07, 6.45) is 3.31. The van der Waals surface area contributed by atoms with Crippen LogP contribution in [-0.2, 0) is 4.74 Å². The van der Waals surface area contributed by atoms with E-state index < -0.39 is 5.97 Å². The van der Waals surface area contributed by atoms with Gasteiger partial charge in [-0.25, -0.2) is 4.79 Å². The molecule has 0 spiro atoms. The third-order valence-corrected chi connectivity index (χ3v) is 5.94. The van der Waals surface area contributed by atoms with Gasteiger partial charge in [-0.3, -0.25) is 0 Å². The standard InChI is InChI=1S/C15H19ClO3/c1-14(2)9-6-7-15(14,3)11(8-9)19-13(17)10-4-5-12(16)18-10/h4-5,9,11H,6-8H2,1-3H3. The van der Waals surface area contributed by atoms with Crippen LogP contribution in [0.15, 0.2) is 16.5 Å². The number of furan rings is 1. The van der Waals surface area contributed by atoms with Gasteiger partial charge in [0.1, 0.15) is 6.10 Å². The van der Waals surface area contributed by atoms with Gasteiger partial charge in [0.25, 0.3) is 0 Å². The zero-order valence-corrected chi connectivity index (χ0v) is 12.3. The highest BCUT2D eigenvalue weighted by atomic mass is 35.5. The first-order valence-electron chi connectivity index (χ1n) is 6.81. The highest BCUT2D eigenvalue weighted by molar-refractivity contribution is 6.29. The average Bonchev–Trinajstić information content (AvgIpc) is 2.91. The largest absolute Gasteiger partial charge is 0.456 e. The van der Waals surface area contributed by atoms with Crippen LogP contribution in [0.2, 0.25) is 5.22 Å². The van der Waals surface area contributed by atoms with Crippen LogP contribution in [0, 0.1) is 16.7 Å². The van der Waals surface area contributed by atoms with Gasteiger partial charge in [-0.15, -0.1) is 0 Å². The van der Waals surface area contributed by atoms with Gasteiger partial charge in [0.2, 0.25) is 5.76 Å². The van der Waals surface area contributed by atoms with Crippen molar-refractivity contribution < 1.29 is 13.9 Å². The molecule has 3 rings (SSSR count). The molecule has 3 atom stereocenters. The molecule has 0 aliphatic heterocycles. The molecule has 3 nitrogen and oxygen atoms in total. The van der Waals surface area contributed by atoms with Crippen molar-refractivity contribution in [1.29, 1.82) is 0 Å². The van der Waals surface area contributed by atoms with Gasteiger partial charge in [-0.2, -0.15) is 0 Å². The van der Waals surface area contributed by atoms with Crippen LogP contribution in [-0.4, -0.2) is 12.1 Å². The van der Waals surface area contributed by atoms with Crippen molar-refractivity contribution in [1.82, 2.24) is 0 Å². The summed E-state index contributed by atoms with van der Waals surface area (Å²) >= 11 is 5.68. The molecule has 1 heterocycles. The quantitative estimate of drug-likeness (QED) is 0.759. The zero-order chi connectivity index (χ0) is 13.8. The second kappa shape index (κ2) is 4.02. The van der Waals surface area contributed by atoms with Gasteiger partial charge in [0, 0.05) is 5.41 Å². The molecule has 2 aliphatic rings. The molecule has 0 amide bonds. The van der Waals surface area contributed by atoms with Gasteiger partial charge in [-0.05, 0) is 54.3 Å². The van der Waals surface area contributed by atoms with Crippen molar-refractivity contribution in [2.24, 2.45) is 16.7 Å². The van der Waals surface area contributed by atoms with E-state index in [1.54, 1.807) is 12.1 Å². The number of halogens is 1. The first-order chi connectivity index (χ1) is 8.84. The molecule has 2 fully saturated rings. The summed E-state index contributed by atoms with van der Waals surface area (Å²) in [5.41, 5.74) is 0.308. The molecular weight excluding hydrogens is 264 g/mol. The molecule has 2 aliphatic carbocycles. The van der Waals surface area contributed by atoms with Crippen LogP contribution in [0.4, 0.5) is 0 Å². The summed E-state index contributed by atoms with van der Waals surface area (Å²) in [5, 5.41) is 0.214. The summed E-state index contributed by atoms with van der Waals surface area (Å²) in [6, 6.07) is 3.12. The first kappa shape index (κ1) is 13.0. The molecular formula is C15H19ClO3. The Morgan fingerprint density at radius 1 is 1.42 bits per heavy atom. The van der Waals surface area contributed by atoms with Crippen LogP contribution in [0.25, 0.3) is 0 Å². The second-order valence-corrected chi connectivity index (χ2v) is 6.98. The fourth-order valence-corrected chi connectivity index (χ4v) is 4.07. The minimum Gasteiger partial charge on any atom is -0.456 e. The molecule has 104 valence electrons. The minimum absolute atomic E-state index is 0.0161. The van der Waals surface area contributed by atoms with Crippen molar-refractivity contribution in [2.45, 2.75) is 46.1 Å². The van der Waals surface area contributed by atoms with E-state index in [2.05, 4.69) is 20.8 Å². The lowest BCUT2D eigenvalue weighted by Gasteiger charge is -2.38. The fourth-order valence-electron chi connectivity index (χ4n) is 3.92.